The highest BCUT2D eigenvalue weighted by molar-refractivity contribution is 7.85. The van der Waals surface area contributed by atoms with Crippen molar-refractivity contribution in [2.24, 2.45) is 0 Å². The van der Waals surface area contributed by atoms with Crippen molar-refractivity contribution < 1.29 is 0 Å². The van der Waals surface area contributed by atoms with E-state index in [2.05, 4.69) is 39.1 Å². The van der Waals surface area contributed by atoms with E-state index in [0.29, 0.717) is 10.5 Å². The fraction of sp³-hybridized carbons (Fsp3) is 1.00. The Morgan fingerprint density at radius 1 is 0.611 bits per heavy atom. The maximum atomic E-state index is 4.62. The first-order valence-corrected chi connectivity index (χ1v) is 9.11. The Labute approximate surface area is 127 Å². The molecule has 0 radical (unpaired) electrons. The van der Waals surface area contributed by atoms with Gasteiger partial charge in [-0.3, -0.25) is 0 Å². The van der Waals surface area contributed by atoms with Crippen LogP contribution < -0.4 is 0 Å². The van der Waals surface area contributed by atoms with Gasteiger partial charge in [0.05, 0.1) is 0 Å². The monoisotopic (exact) mass is 290 g/mol. The summed E-state index contributed by atoms with van der Waals surface area (Å²) in [7, 11) is 0. The van der Waals surface area contributed by atoms with E-state index in [1.807, 2.05) is 0 Å². The van der Waals surface area contributed by atoms with Gasteiger partial charge in [-0.15, -0.1) is 0 Å². The van der Waals surface area contributed by atoms with E-state index < -0.39 is 0 Å². The lowest BCUT2D eigenvalue weighted by Gasteiger charge is -2.16. The number of rotatable bonds is 13. The zero-order valence-corrected chi connectivity index (χ0v) is 14.3. The fourth-order valence-electron chi connectivity index (χ4n) is 2.31. The second-order valence-corrected chi connectivity index (χ2v) is 6.84. The topological polar surface area (TPSA) is 0 Å². The van der Waals surface area contributed by atoms with Crippen LogP contribution in [0.5, 0.6) is 0 Å². The lowest BCUT2D eigenvalue weighted by atomic mass is 10.0. The van der Waals surface area contributed by atoms with E-state index in [-0.39, 0.29) is 0 Å². The van der Waals surface area contributed by atoms with E-state index in [1.54, 1.807) is 0 Å². The van der Waals surface area contributed by atoms with Crippen molar-refractivity contribution in [3.63, 3.8) is 0 Å². The highest BCUT2D eigenvalue weighted by Crippen LogP contribution is 2.19. The van der Waals surface area contributed by atoms with Crippen molar-refractivity contribution in [2.45, 2.75) is 101 Å². The van der Waals surface area contributed by atoms with Crippen LogP contribution in [0, 0.1) is 0 Å². The molecule has 2 atom stereocenters. The van der Waals surface area contributed by atoms with Gasteiger partial charge >= 0.3 is 0 Å². The summed E-state index contributed by atoms with van der Waals surface area (Å²) in [4.78, 5) is 0. The van der Waals surface area contributed by atoms with Crippen LogP contribution in [0.4, 0.5) is 0 Å². The van der Waals surface area contributed by atoms with Gasteiger partial charge in [-0.05, 0) is 12.8 Å². The molecule has 0 rings (SSSR count). The number of hydrogen-bond donors (Lipinski definition) is 2. The minimum Gasteiger partial charge on any atom is -0.175 e. The van der Waals surface area contributed by atoms with Gasteiger partial charge in [0, 0.05) is 10.5 Å². The van der Waals surface area contributed by atoms with Gasteiger partial charge in [0.2, 0.25) is 0 Å². The molecule has 0 spiro atoms. The molecule has 0 aliphatic rings. The molecule has 0 aromatic heterocycles. The lowest BCUT2D eigenvalue weighted by molar-refractivity contribution is 0.544. The van der Waals surface area contributed by atoms with E-state index >= 15 is 0 Å². The zero-order valence-electron chi connectivity index (χ0n) is 12.5. The first-order chi connectivity index (χ1) is 8.72. The second-order valence-electron chi connectivity index (χ2n) is 5.51. The van der Waals surface area contributed by atoms with Crippen molar-refractivity contribution in [1.29, 1.82) is 0 Å². The molecule has 0 heterocycles. The molecule has 0 saturated carbocycles. The van der Waals surface area contributed by atoms with Crippen LogP contribution in [-0.2, 0) is 0 Å². The minimum atomic E-state index is 0.479. The van der Waals surface area contributed by atoms with Gasteiger partial charge in [-0.2, -0.15) is 25.3 Å². The summed E-state index contributed by atoms with van der Waals surface area (Å²) in [5.41, 5.74) is 0. The van der Waals surface area contributed by atoms with E-state index in [0.717, 1.165) is 6.42 Å². The molecule has 18 heavy (non-hydrogen) atoms. The van der Waals surface area contributed by atoms with Crippen LogP contribution in [0.1, 0.15) is 90.9 Å². The predicted molar refractivity (Wildman–Crippen MR) is 92.3 cm³/mol. The molecular weight excluding hydrogens is 256 g/mol. The zero-order chi connectivity index (χ0) is 13.6. The average molecular weight is 291 g/mol. The molecule has 0 aromatic carbocycles. The van der Waals surface area contributed by atoms with E-state index in [9.17, 15) is 0 Å². The van der Waals surface area contributed by atoms with E-state index in [4.69, 9.17) is 0 Å². The highest BCUT2D eigenvalue weighted by Gasteiger charge is 2.10. The molecule has 0 saturated heterocycles. The van der Waals surface area contributed by atoms with Crippen LogP contribution in [0.2, 0.25) is 0 Å². The molecule has 2 unspecified atom stereocenters. The Morgan fingerprint density at radius 2 is 1.06 bits per heavy atom. The van der Waals surface area contributed by atoms with E-state index in [1.165, 1.54) is 70.6 Å². The van der Waals surface area contributed by atoms with Crippen LogP contribution in [0.15, 0.2) is 0 Å². The average Bonchev–Trinajstić information content (AvgIpc) is 2.39. The normalized spacial score (nSPS) is 14.7. The van der Waals surface area contributed by atoms with Crippen molar-refractivity contribution >= 4 is 25.3 Å². The third kappa shape index (κ3) is 11.8. The van der Waals surface area contributed by atoms with Gasteiger partial charge in [-0.25, -0.2) is 0 Å². The molecule has 0 aliphatic carbocycles. The summed E-state index contributed by atoms with van der Waals surface area (Å²) in [6, 6.07) is 0. The SMILES string of the molecule is CCCCCCCCCCCCC(S)C(S)CC. The van der Waals surface area contributed by atoms with Gasteiger partial charge in [0.25, 0.3) is 0 Å². The summed E-state index contributed by atoms with van der Waals surface area (Å²) in [5.74, 6) is 0. The quantitative estimate of drug-likeness (QED) is 0.288. The Hall–Kier alpha value is 0.700. The minimum absolute atomic E-state index is 0.479. The summed E-state index contributed by atoms with van der Waals surface area (Å²) in [6.07, 6.45) is 16.5. The maximum Gasteiger partial charge on any atom is 0.0133 e. The molecule has 0 aliphatic heterocycles. The third-order valence-electron chi connectivity index (χ3n) is 3.72. The third-order valence-corrected chi connectivity index (χ3v) is 5.29. The smallest absolute Gasteiger partial charge is 0.0133 e. The highest BCUT2D eigenvalue weighted by atomic mass is 32.1. The van der Waals surface area contributed by atoms with Gasteiger partial charge in [-0.1, -0.05) is 78.1 Å². The standard InChI is InChI=1S/C16H34S2/c1-3-5-6-7-8-9-10-11-12-13-14-16(18)15(17)4-2/h15-18H,3-14H2,1-2H3. The van der Waals surface area contributed by atoms with Crippen LogP contribution >= 0.6 is 25.3 Å². The van der Waals surface area contributed by atoms with Gasteiger partial charge < -0.3 is 0 Å². The molecule has 0 amide bonds. The van der Waals surface area contributed by atoms with Gasteiger partial charge in [0.15, 0.2) is 0 Å². The van der Waals surface area contributed by atoms with Crippen molar-refractivity contribution in [3.8, 4) is 0 Å². The van der Waals surface area contributed by atoms with Crippen LogP contribution in [0.25, 0.3) is 0 Å². The summed E-state index contributed by atoms with van der Waals surface area (Å²) < 4.78 is 0. The first kappa shape index (κ1) is 18.7. The largest absolute Gasteiger partial charge is 0.175 e. The van der Waals surface area contributed by atoms with Crippen molar-refractivity contribution in [1.82, 2.24) is 0 Å². The first-order valence-electron chi connectivity index (χ1n) is 8.08. The molecule has 110 valence electrons. The van der Waals surface area contributed by atoms with Crippen LogP contribution in [-0.4, -0.2) is 10.5 Å². The maximum absolute atomic E-state index is 4.62. The lowest BCUT2D eigenvalue weighted by Crippen LogP contribution is -2.13. The number of unbranched alkanes of at least 4 members (excludes halogenated alkanes) is 9. The molecule has 0 nitrogen and oxygen atoms in total. The Morgan fingerprint density at radius 3 is 1.50 bits per heavy atom. The predicted octanol–water partition coefficient (Wildman–Crippen LogP) is 6.30. The summed E-state index contributed by atoms with van der Waals surface area (Å²) in [5, 5.41) is 0.972. The van der Waals surface area contributed by atoms with Crippen molar-refractivity contribution in [2.75, 3.05) is 0 Å². The molecular formula is C16H34S2. The summed E-state index contributed by atoms with van der Waals surface area (Å²) in [6.45, 7) is 4.47. The second kappa shape index (κ2) is 14.1. The Bertz CT molecular complexity index is 159. The fourth-order valence-corrected chi connectivity index (χ4v) is 2.85. The molecule has 2 heteroatoms. The molecule has 0 fully saturated rings. The van der Waals surface area contributed by atoms with Crippen LogP contribution in [0.3, 0.4) is 0 Å². The summed E-state index contributed by atoms with van der Waals surface area (Å²) >= 11 is 9.17. The number of hydrogen-bond acceptors (Lipinski definition) is 2. The van der Waals surface area contributed by atoms with Crippen molar-refractivity contribution in [3.05, 3.63) is 0 Å². The Kier molecular flexibility index (Phi) is 14.7. The molecule has 0 aromatic rings. The number of thiol groups is 2. The van der Waals surface area contributed by atoms with Gasteiger partial charge in [0.1, 0.15) is 0 Å². The molecule has 0 bridgehead atoms. The molecule has 0 N–H and O–H groups in total. The Balaban J connectivity index is 3.11.